The van der Waals surface area contributed by atoms with Crippen LogP contribution in [0.25, 0.3) is 0 Å². The van der Waals surface area contributed by atoms with Crippen molar-refractivity contribution in [2.24, 2.45) is 0 Å². The molecule has 0 atom stereocenters. The Kier molecular flexibility index (Phi) is 7.97. The van der Waals surface area contributed by atoms with E-state index in [0.29, 0.717) is 0 Å². The van der Waals surface area contributed by atoms with Gasteiger partial charge in [0.25, 0.3) is 0 Å². The fraction of sp³-hybridized carbons (Fsp3) is 1.00. The van der Waals surface area contributed by atoms with E-state index in [-0.39, 0.29) is 30.3 Å². The molecular weight excluding hydrogens is 208 g/mol. The second kappa shape index (κ2) is 6.12. The van der Waals surface area contributed by atoms with Gasteiger partial charge in [0, 0.05) is 17.1 Å². The molecule has 0 heterocycles. The van der Waals surface area contributed by atoms with E-state index >= 15 is 0 Å². The SMILES string of the molecule is CCOS(=O)(=O)OCC.[Cu]. The molecule has 0 N–H and O–H groups in total. The summed E-state index contributed by atoms with van der Waals surface area (Å²) in [6.07, 6.45) is 0. The topological polar surface area (TPSA) is 52.6 Å². The third-order valence-corrected chi connectivity index (χ3v) is 1.57. The zero-order chi connectivity index (χ0) is 7.33. The molecule has 6 heteroatoms. The summed E-state index contributed by atoms with van der Waals surface area (Å²) >= 11 is 0. The van der Waals surface area contributed by atoms with E-state index in [9.17, 15) is 8.42 Å². The van der Waals surface area contributed by atoms with Gasteiger partial charge in [0.05, 0.1) is 13.2 Å². The molecule has 0 spiro atoms. The third kappa shape index (κ3) is 6.51. The predicted octanol–water partition coefficient (Wildman–Crippen LogP) is 0.302. The van der Waals surface area contributed by atoms with Gasteiger partial charge in [0.2, 0.25) is 0 Å². The van der Waals surface area contributed by atoms with Crippen LogP contribution in [0.4, 0.5) is 0 Å². The average Bonchev–Trinajstić information content (AvgIpc) is 1.64. The zero-order valence-corrected chi connectivity index (χ0v) is 7.52. The van der Waals surface area contributed by atoms with Crippen LogP contribution in [0.3, 0.4) is 0 Å². The fourth-order valence-corrected chi connectivity index (χ4v) is 0.968. The van der Waals surface area contributed by atoms with Crippen LogP contribution in [0, 0.1) is 0 Å². The minimum atomic E-state index is -3.68. The predicted molar refractivity (Wildman–Crippen MR) is 32.2 cm³/mol. The maximum absolute atomic E-state index is 10.4. The Balaban J connectivity index is 0. The first-order chi connectivity index (χ1) is 4.12. The van der Waals surface area contributed by atoms with Crippen molar-refractivity contribution in [1.82, 2.24) is 0 Å². The van der Waals surface area contributed by atoms with Crippen LogP contribution in [-0.4, -0.2) is 21.6 Å². The number of rotatable bonds is 4. The molecule has 10 heavy (non-hydrogen) atoms. The van der Waals surface area contributed by atoms with Gasteiger partial charge in [-0.3, -0.25) is 0 Å². The van der Waals surface area contributed by atoms with Crippen LogP contribution in [0.1, 0.15) is 13.8 Å². The molecule has 0 aliphatic heterocycles. The number of hydrogen-bond acceptors (Lipinski definition) is 4. The Labute approximate surface area is 71.7 Å². The molecular formula is C4H10CuO4S. The van der Waals surface area contributed by atoms with Crippen molar-refractivity contribution in [3.8, 4) is 0 Å². The van der Waals surface area contributed by atoms with Crippen molar-refractivity contribution >= 4 is 10.4 Å². The van der Waals surface area contributed by atoms with E-state index in [0.717, 1.165) is 0 Å². The molecule has 0 saturated carbocycles. The molecule has 4 nitrogen and oxygen atoms in total. The molecule has 1 radical (unpaired) electrons. The van der Waals surface area contributed by atoms with Crippen molar-refractivity contribution in [2.45, 2.75) is 13.8 Å². The van der Waals surface area contributed by atoms with Crippen molar-refractivity contribution in [3.05, 3.63) is 0 Å². The largest absolute Gasteiger partial charge is 0.399 e. The van der Waals surface area contributed by atoms with E-state index < -0.39 is 10.4 Å². The summed E-state index contributed by atoms with van der Waals surface area (Å²) < 4.78 is 29.2. The normalized spacial score (nSPS) is 10.6. The van der Waals surface area contributed by atoms with Crippen molar-refractivity contribution in [2.75, 3.05) is 13.2 Å². The summed E-state index contributed by atoms with van der Waals surface area (Å²) in [7, 11) is -3.68. The second-order valence-electron chi connectivity index (χ2n) is 1.22. The van der Waals surface area contributed by atoms with E-state index in [1.165, 1.54) is 0 Å². The molecule has 0 aromatic heterocycles. The zero-order valence-electron chi connectivity index (χ0n) is 5.76. The van der Waals surface area contributed by atoms with Gasteiger partial charge >= 0.3 is 10.4 Å². The average molecular weight is 218 g/mol. The molecule has 0 unspecified atom stereocenters. The van der Waals surface area contributed by atoms with E-state index in [1.807, 2.05) is 0 Å². The number of hydrogen-bond donors (Lipinski definition) is 0. The van der Waals surface area contributed by atoms with Gasteiger partial charge in [-0.05, 0) is 13.8 Å². The summed E-state index contributed by atoms with van der Waals surface area (Å²) in [4.78, 5) is 0. The molecule has 0 fully saturated rings. The van der Waals surface area contributed by atoms with Crippen LogP contribution >= 0.6 is 0 Å². The smallest absolute Gasteiger partial charge is 0.248 e. The molecule has 0 aromatic rings. The maximum Gasteiger partial charge on any atom is 0.399 e. The molecule has 0 amide bonds. The Morgan fingerprint density at radius 3 is 1.60 bits per heavy atom. The Bertz CT molecular complexity index is 141. The molecule has 0 rings (SSSR count). The molecule has 67 valence electrons. The summed E-state index contributed by atoms with van der Waals surface area (Å²) in [6.45, 7) is 3.39. The quantitative estimate of drug-likeness (QED) is 0.636. The van der Waals surface area contributed by atoms with E-state index in [4.69, 9.17) is 0 Å². The summed E-state index contributed by atoms with van der Waals surface area (Å²) in [5, 5.41) is 0. The molecule has 0 aromatic carbocycles. The van der Waals surface area contributed by atoms with Gasteiger partial charge in [-0.1, -0.05) is 0 Å². The first-order valence-corrected chi connectivity index (χ1v) is 3.99. The fourth-order valence-electron chi connectivity index (χ4n) is 0.323. The van der Waals surface area contributed by atoms with E-state index in [2.05, 4.69) is 8.37 Å². The molecule has 0 saturated heterocycles. The van der Waals surface area contributed by atoms with Crippen LogP contribution in [0.5, 0.6) is 0 Å². The standard InChI is InChI=1S/C4H10O4S.Cu/c1-3-7-9(5,6)8-4-2;/h3-4H2,1-2H3;. The van der Waals surface area contributed by atoms with Crippen LogP contribution in [0.15, 0.2) is 0 Å². The molecule has 0 bridgehead atoms. The van der Waals surface area contributed by atoms with Gasteiger partial charge in [-0.2, -0.15) is 8.42 Å². The van der Waals surface area contributed by atoms with E-state index in [1.54, 1.807) is 13.8 Å². The van der Waals surface area contributed by atoms with Crippen LogP contribution < -0.4 is 0 Å². The van der Waals surface area contributed by atoms with Gasteiger partial charge in [0.1, 0.15) is 0 Å². The Morgan fingerprint density at radius 2 is 1.40 bits per heavy atom. The third-order valence-electron chi connectivity index (χ3n) is 0.524. The van der Waals surface area contributed by atoms with Crippen LogP contribution in [-0.2, 0) is 35.8 Å². The van der Waals surface area contributed by atoms with Gasteiger partial charge in [-0.25, -0.2) is 8.37 Å². The van der Waals surface area contributed by atoms with Crippen molar-refractivity contribution in [1.29, 1.82) is 0 Å². The van der Waals surface area contributed by atoms with Gasteiger partial charge in [0.15, 0.2) is 0 Å². The maximum atomic E-state index is 10.4. The molecule has 0 aliphatic rings. The van der Waals surface area contributed by atoms with Crippen LogP contribution in [0.2, 0.25) is 0 Å². The Morgan fingerprint density at radius 1 is 1.10 bits per heavy atom. The first-order valence-electron chi connectivity index (χ1n) is 2.66. The van der Waals surface area contributed by atoms with Crippen molar-refractivity contribution < 1.29 is 33.9 Å². The second-order valence-corrected chi connectivity index (χ2v) is 2.51. The monoisotopic (exact) mass is 217 g/mol. The summed E-state index contributed by atoms with van der Waals surface area (Å²) in [6, 6.07) is 0. The first kappa shape index (κ1) is 13.0. The van der Waals surface area contributed by atoms with Gasteiger partial charge in [-0.15, -0.1) is 0 Å². The van der Waals surface area contributed by atoms with Gasteiger partial charge < -0.3 is 0 Å². The minimum absolute atomic E-state index is 0. The molecule has 0 aliphatic carbocycles. The van der Waals surface area contributed by atoms with Crippen molar-refractivity contribution in [3.63, 3.8) is 0 Å². The minimum Gasteiger partial charge on any atom is -0.248 e. The summed E-state index contributed by atoms with van der Waals surface area (Å²) in [5.41, 5.74) is 0. The Hall–Kier alpha value is 0.389. The summed E-state index contributed by atoms with van der Waals surface area (Å²) in [5.74, 6) is 0.